The predicted octanol–water partition coefficient (Wildman–Crippen LogP) is 3.15. The lowest BCUT2D eigenvalue weighted by Gasteiger charge is -2.32. The molecule has 0 fully saturated rings. The molecule has 1 unspecified atom stereocenters. The summed E-state index contributed by atoms with van der Waals surface area (Å²) in [6.07, 6.45) is 0.536. The Balaban J connectivity index is 2.94. The summed E-state index contributed by atoms with van der Waals surface area (Å²) in [7, 11) is 0. The number of rotatable bonds is 6. The number of halogens is 1. The number of hydrogen-bond donors (Lipinski definition) is 1. The molecule has 3 nitrogen and oxygen atoms in total. The largest absolute Gasteiger partial charge is 0.481 e. The third-order valence-electron chi connectivity index (χ3n) is 3.39. The van der Waals surface area contributed by atoms with Crippen LogP contribution in [0.15, 0.2) is 24.3 Å². The first-order valence-electron chi connectivity index (χ1n) is 6.17. The minimum Gasteiger partial charge on any atom is -0.481 e. The highest BCUT2D eigenvalue weighted by Crippen LogP contribution is 2.26. The summed E-state index contributed by atoms with van der Waals surface area (Å²) >= 11 is 0. The Morgan fingerprint density at radius 3 is 2.56 bits per heavy atom. The number of carboxylic acids is 1. The Hall–Kier alpha value is -1.58. The van der Waals surface area contributed by atoms with Crippen LogP contribution in [0.1, 0.15) is 27.2 Å². The van der Waals surface area contributed by atoms with Crippen LogP contribution in [0.5, 0.6) is 0 Å². The van der Waals surface area contributed by atoms with Crippen molar-refractivity contribution < 1.29 is 14.3 Å². The number of nitrogens with zero attached hydrogens (tertiary/aromatic N) is 1. The van der Waals surface area contributed by atoms with Crippen molar-refractivity contribution in [1.82, 2.24) is 0 Å². The van der Waals surface area contributed by atoms with E-state index in [0.717, 1.165) is 5.69 Å². The Bertz CT molecular complexity index is 422. The number of aliphatic carboxylic acids is 1. The molecule has 0 saturated carbocycles. The first kappa shape index (κ1) is 14.5. The van der Waals surface area contributed by atoms with Gasteiger partial charge in [0, 0.05) is 18.8 Å². The van der Waals surface area contributed by atoms with Gasteiger partial charge in [-0.1, -0.05) is 13.0 Å². The highest BCUT2D eigenvalue weighted by Gasteiger charge is 2.33. The third-order valence-corrected chi connectivity index (χ3v) is 3.39. The fraction of sp³-hybridized carbons (Fsp3) is 0.500. The highest BCUT2D eigenvalue weighted by molar-refractivity contribution is 5.75. The average Bonchev–Trinajstić information content (AvgIpc) is 2.35. The smallest absolute Gasteiger partial charge is 0.311 e. The van der Waals surface area contributed by atoms with E-state index >= 15 is 0 Å². The molecule has 0 spiro atoms. The fourth-order valence-corrected chi connectivity index (χ4v) is 1.81. The normalized spacial score (nSPS) is 14.0. The minimum absolute atomic E-state index is 0.306. The first-order chi connectivity index (χ1) is 8.42. The van der Waals surface area contributed by atoms with Crippen molar-refractivity contribution in [2.24, 2.45) is 5.41 Å². The van der Waals surface area contributed by atoms with Gasteiger partial charge in [-0.25, -0.2) is 4.39 Å². The van der Waals surface area contributed by atoms with Gasteiger partial charge < -0.3 is 10.0 Å². The molecule has 0 aliphatic rings. The van der Waals surface area contributed by atoms with Crippen LogP contribution in [-0.2, 0) is 4.79 Å². The molecule has 0 aromatic heterocycles. The van der Waals surface area contributed by atoms with Crippen molar-refractivity contribution in [3.05, 3.63) is 30.1 Å². The Morgan fingerprint density at radius 2 is 2.11 bits per heavy atom. The molecule has 0 aliphatic heterocycles. The molecule has 1 aromatic rings. The van der Waals surface area contributed by atoms with Crippen molar-refractivity contribution in [3.63, 3.8) is 0 Å². The van der Waals surface area contributed by atoms with Crippen LogP contribution in [0.25, 0.3) is 0 Å². The van der Waals surface area contributed by atoms with Gasteiger partial charge in [-0.3, -0.25) is 4.79 Å². The number of carboxylic acid groups (broad SMARTS) is 1. The molecule has 4 heteroatoms. The molecule has 0 radical (unpaired) electrons. The zero-order chi connectivity index (χ0) is 13.8. The monoisotopic (exact) mass is 253 g/mol. The molecule has 1 N–H and O–H groups in total. The van der Waals surface area contributed by atoms with E-state index in [9.17, 15) is 14.3 Å². The van der Waals surface area contributed by atoms with Gasteiger partial charge in [-0.05, 0) is 38.5 Å². The van der Waals surface area contributed by atoms with Gasteiger partial charge in [0.15, 0.2) is 0 Å². The molecule has 1 atom stereocenters. The van der Waals surface area contributed by atoms with E-state index in [-0.39, 0.29) is 5.82 Å². The van der Waals surface area contributed by atoms with Gasteiger partial charge in [0.05, 0.1) is 5.41 Å². The van der Waals surface area contributed by atoms with Crippen molar-refractivity contribution in [3.8, 4) is 0 Å². The molecular weight excluding hydrogens is 233 g/mol. The number of anilines is 1. The van der Waals surface area contributed by atoms with E-state index in [4.69, 9.17) is 0 Å². The Morgan fingerprint density at radius 1 is 1.44 bits per heavy atom. The van der Waals surface area contributed by atoms with Crippen LogP contribution in [0.3, 0.4) is 0 Å². The Labute approximate surface area is 107 Å². The van der Waals surface area contributed by atoms with Crippen LogP contribution in [-0.4, -0.2) is 24.2 Å². The fourth-order valence-electron chi connectivity index (χ4n) is 1.81. The van der Waals surface area contributed by atoms with Crippen molar-refractivity contribution >= 4 is 11.7 Å². The second-order valence-corrected chi connectivity index (χ2v) is 4.71. The van der Waals surface area contributed by atoms with Gasteiger partial charge in [0.25, 0.3) is 0 Å². The van der Waals surface area contributed by atoms with Gasteiger partial charge in [-0.15, -0.1) is 0 Å². The lowest BCUT2D eigenvalue weighted by Crippen LogP contribution is -2.41. The van der Waals surface area contributed by atoms with Crippen LogP contribution < -0.4 is 4.90 Å². The maximum absolute atomic E-state index is 13.2. The van der Waals surface area contributed by atoms with E-state index in [0.29, 0.717) is 19.5 Å². The zero-order valence-corrected chi connectivity index (χ0v) is 11.1. The molecule has 0 saturated heterocycles. The summed E-state index contributed by atoms with van der Waals surface area (Å²) in [4.78, 5) is 13.2. The maximum Gasteiger partial charge on any atom is 0.311 e. The number of hydrogen-bond acceptors (Lipinski definition) is 2. The van der Waals surface area contributed by atoms with Crippen LogP contribution in [0.4, 0.5) is 10.1 Å². The Kier molecular flexibility index (Phi) is 4.70. The van der Waals surface area contributed by atoms with Gasteiger partial charge in [0.1, 0.15) is 5.82 Å². The average molecular weight is 253 g/mol. The van der Waals surface area contributed by atoms with Crippen LogP contribution in [0.2, 0.25) is 0 Å². The molecule has 0 amide bonds. The molecule has 0 heterocycles. The van der Waals surface area contributed by atoms with Crippen LogP contribution >= 0.6 is 0 Å². The van der Waals surface area contributed by atoms with Crippen molar-refractivity contribution in [2.75, 3.05) is 18.0 Å². The number of benzene rings is 1. The topological polar surface area (TPSA) is 40.5 Å². The molecule has 1 rings (SSSR count). The molecule has 18 heavy (non-hydrogen) atoms. The highest BCUT2D eigenvalue weighted by atomic mass is 19.1. The summed E-state index contributed by atoms with van der Waals surface area (Å²) in [6, 6.07) is 6.25. The quantitative estimate of drug-likeness (QED) is 0.846. The van der Waals surface area contributed by atoms with E-state index < -0.39 is 11.4 Å². The summed E-state index contributed by atoms with van der Waals surface area (Å²) in [5.74, 6) is -1.13. The molecule has 1 aromatic carbocycles. The van der Waals surface area contributed by atoms with E-state index in [2.05, 4.69) is 0 Å². The zero-order valence-electron chi connectivity index (χ0n) is 11.1. The van der Waals surface area contributed by atoms with E-state index in [1.54, 1.807) is 19.1 Å². The third kappa shape index (κ3) is 3.22. The SMILES string of the molecule is CCN(CC(C)(CC)C(=O)O)c1cccc(F)c1. The van der Waals surface area contributed by atoms with Crippen molar-refractivity contribution in [2.45, 2.75) is 27.2 Å². The van der Waals surface area contributed by atoms with Crippen LogP contribution in [0, 0.1) is 11.2 Å². The molecule has 0 bridgehead atoms. The second kappa shape index (κ2) is 5.85. The molecule has 100 valence electrons. The minimum atomic E-state index is -0.820. The standard InChI is InChI=1S/C14H20FNO2/c1-4-14(3,13(17)18)10-16(5-2)12-8-6-7-11(15)9-12/h6-9H,4-5,10H2,1-3H3,(H,17,18). The maximum atomic E-state index is 13.2. The van der Waals surface area contributed by atoms with Crippen molar-refractivity contribution in [1.29, 1.82) is 0 Å². The van der Waals surface area contributed by atoms with E-state index in [1.807, 2.05) is 18.7 Å². The van der Waals surface area contributed by atoms with Gasteiger partial charge >= 0.3 is 5.97 Å². The number of carbonyl (C=O) groups is 1. The lowest BCUT2D eigenvalue weighted by molar-refractivity contribution is -0.147. The van der Waals surface area contributed by atoms with Gasteiger partial charge in [-0.2, -0.15) is 0 Å². The molecular formula is C14H20FNO2. The summed E-state index contributed by atoms with van der Waals surface area (Å²) in [5, 5.41) is 9.28. The molecule has 0 aliphatic carbocycles. The van der Waals surface area contributed by atoms with E-state index in [1.165, 1.54) is 12.1 Å². The van der Waals surface area contributed by atoms with Gasteiger partial charge in [0.2, 0.25) is 0 Å². The lowest BCUT2D eigenvalue weighted by atomic mass is 9.87. The summed E-state index contributed by atoms with van der Waals surface area (Å²) < 4.78 is 13.2. The first-order valence-corrected chi connectivity index (χ1v) is 6.17. The summed E-state index contributed by atoms with van der Waals surface area (Å²) in [6.45, 7) is 6.53. The second-order valence-electron chi connectivity index (χ2n) is 4.71. The predicted molar refractivity (Wildman–Crippen MR) is 70.3 cm³/mol. The summed E-state index contributed by atoms with van der Waals surface area (Å²) in [5.41, 5.74) is -0.0964.